The van der Waals surface area contributed by atoms with Gasteiger partial charge in [0.25, 0.3) is 11.8 Å². The third-order valence-corrected chi connectivity index (χ3v) is 7.41. The van der Waals surface area contributed by atoms with E-state index in [2.05, 4.69) is 5.32 Å². The van der Waals surface area contributed by atoms with Gasteiger partial charge in [0.2, 0.25) is 5.91 Å². The number of anilines is 2. The molecule has 3 aromatic carbocycles. The van der Waals surface area contributed by atoms with Gasteiger partial charge in [-0.1, -0.05) is 79.7 Å². The molecule has 0 aromatic heterocycles. The summed E-state index contributed by atoms with van der Waals surface area (Å²) in [6, 6.07) is 23.7. The lowest BCUT2D eigenvalue weighted by Gasteiger charge is -2.28. The van der Waals surface area contributed by atoms with E-state index in [4.69, 9.17) is 0 Å². The van der Waals surface area contributed by atoms with Crippen LogP contribution in [0.25, 0.3) is 0 Å². The molecule has 220 valence electrons. The van der Waals surface area contributed by atoms with Crippen LogP contribution in [0.4, 0.5) is 11.4 Å². The lowest BCUT2D eigenvalue weighted by molar-refractivity contribution is -0.139. The summed E-state index contributed by atoms with van der Waals surface area (Å²) in [6.45, 7) is 3.65. The van der Waals surface area contributed by atoms with E-state index in [1.54, 1.807) is 42.2 Å². The van der Waals surface area contributed by atoms with Crippen molar-refractivity contribution in [1.29, 1.82) is 0 Å². The first-order valence-corrected chi connectivity index (χ1v) is 14.0. The first-order chi connectivity index (χ1) is 20.1. The van der Waals surface area contributed by atoms with Crippen molar-refractivity contribution >= 4 is 29.1 Å². The third kappa shape index (κ3) is 6.76. The molecule has 0 saturated heterocycles. The van der Waals surface area contributed by atoms with Crippen molar-refractivity contribution in [3.05, 3.63) is 108 Å². The lowest BCUT2D eigenvalue weighted by Crippen LogP contribution is -2.44. The Morgan fingerprint density at radius 3 is 2.26 bits per heavy atom. The molecule has 4 N–H and O–H groups in total. The lowest BCUT2D eigenvalue weighted by atomic mass is 9.82. The second kappa shape index (κ2) is 13.6. The molecule has 0 spiro atoms. The van der Waals surface area contributed by atoms with Gasteiger partial charge >= 0.3 is 0 Å². The second-order valence-corrected chi connectivity index (χ2v) is 10.5. The zero-order valence-electron chi connectivity index (χ0n) is 23.8. The number of carbonyl (C=O) groups excluding carboxylic acids is 3. The molecule has 0 unspecified atom stereocenters. The summed E-state index contributed by atoms with van der Waals surface area (Å²) in [5.74, 6) is -2.07. The van der Waals surface area contributed by atoms with Crippen molar-refractivity contribution < 1.29 is 29.7 Å². The summed E-state index contributed by atoms with van der Waals surface area (Å²) < 4.78 is 0. The van der Waals surface area contributed by atoms with Crippen molar-refractivity contribution in [3.8, 4) is 0 Å². The number of benzene rings is 3. The minimum absolute atomic E-state index is 0.0204. The van der Waals surface area contributed by atoms with Crippen molar-refractivity contribution in [3.63, 3.8) is 0 Å². The van der Waals surface area contributed by atoms with Crippen LogP contribution in [-0.2, 0) is 33.1 Å². The number of hydrogen-bond donors (Lipinski definition) is 4. The van der Waals surface area contributed by atoms with Crippen LogP contribution >= 0.6 is 0 Å². The maximum atomic E-state index is 13.9. The molecule has 0 radical (unpaired) electrons. The molecule has 3 amide bonds. The molecule has 0 bridgehead atoms. The van der Waals surface area contributed by atoms with Gasteiger partial charge in [-0.05, 0) is 36.2 Å². The van der Waals surface area contributed by atoms with Crippen LogP contribution in [-0.4, -0.2) is 57.2 Å². The Morgan fingerprint density at radius 1 is 1.00 bits per heavy atom. The third-order valence-electron chi connectivity index (χ3n) is 7.41. The number of nitrogens with zero attached hydrogens (tertiary/aromatic N) is 2. The van der Waals surface area contributed by atoms with Crippen LogP contribution in [0, 0.1) is 5.92 Å². The van der Waals surface area contributed by atoms with E-state index in [0.29, 0.717) is 23.5 Å². The average molecular weight is 572 g/mol. The number of rotatable bonds is 12. The van der Waals surface area contributed by atoms with Gasteiger partial charge < -0.3 is 30.4 Å². The van der Waals surface area contributed by atoms with Gasteiger partial charge in [-0.3, -0.25) is 14.4 Å². The van der Waals surface area contributed by atoms with E-state index in [1.165, 1.54) is 11.8 Å². The summed E-state index contributed by atoms with van der Waals surface area (Å²) in [6.07, 6.45) is 2.06. The molecule has 3 aromatic rings. The molecule has 9 heteroatoms. The first kappa shape index (κ1) is 30.6. The zero-order chi connectivity index (χ0) is 30.3. The van der Waals surface area contributed by atoms with Gasteiger partial charge in [0.15, 0.2) is 5.60 Å². The zero-order valence-corrected chi connectivity index (χ0v) is 23.8. The molecule has 1 heterocycles. The highest BCUT2D eigenvalue weighted by molar-refractivity contribution is 6.08. The normalized spacial score (nSPS) is 17.6. The number of amides is 3. The highest BCUT2D eigenvalue weighted by Gasteiger charge is 2.52. The van der Waals surface area contributed by atoms with Gasteiger partial charge in [-0.25, -0.2) is 0 Å². The van der Waals surface area contributed by atoms with Crippen LogP contribution in [0.5, 0.6) is 0 Å². The smallest absolute Gasteiger partial charge is 0.264 e. The number of fused-ring (bicyclic) bond motifs is 1. The molecule has 0 saturated carbocycles. The van der Waals surface area contributed by atoms with Gasteiger partial charge in [0.1, 0.15) is 6.10 Å². The van der Waals surface area contributed by atoms with Crippen LogP contribution in [0.1, 0.15) is 37.0 Å². The molecule has 3 atom stereocenters. The monoisotopic (exact) mass is 571 g/mol. The molecule has 0 aliphatic carbocycles. The standard InChI is InChI=1S/C33H37N3O6/c1-23(10-9-15-30(39)35(18-19-37)21-25-11-5-3-6-12-25)33(42)28-20-27(34-31(40)24(2)38)16-17-29(28)36(32(33)41)22-26-13-7-4-8-14-26/h3-14,16-17,20,23-24,37-38,42H,15,18-19,21-22H2,1-2H3,(H,34,40)/b10-9+/t23-,24+,33+/m1/s1. The number of aliphatic hydroxyl groups is 3. The van der Waals surface area contributed by atoms with E-state index in [9.17, 15) is 29.7 Å². The van der Waals surface area contributed by atoms with Crippen LogP contribution in [0.2, 0.25) is 0 Å². The predicted octanol–water partition coefficient (Wildman–Crippen LogP) is 3.34. The predicted molar refractivity (Wildman–Crippen MR) is 160 cm³/mol. The molecule has 9 nitrogen and oxygen atoms in total. The van der Waals surface area contributed by atoms with E-state index >= 15 is 0 Å². The Morgan fingerprint density at radius 2 is 1.64 bits per heavy atom. The van der Waals surface area contributed by atoms with Crippen molar-refractivity contribution in [2.45, 2.75) is 45.1 Å². The summed E-state index contributed by atoms with van der Waals surface area (Å²) in [5, 5.41) is 33.8. The largest absolute Gasteiger partial charge is 0.395 e. The van der Waals surface area contributed by atoms with Crippen LogP contribution in [0.15, 0.2) is 91.0 Å². The fraction of sp³-hybridized carbons (Fsp3) is 0.303. The number of aliphatic hydroxyl groups excluding tert-OH is 2. The first-order valence-electron chi connectivity index (χ1n) is 14.0. The van der Waals surface area contributed by atoms with E-state index in [0.717, 1.165) is 11.1 Å². The molecule has 42 heavy (non-hydrogen) atoms. The molecule has 1 aliphatic rings. The Hall–Kier alpha value is -4.31. The Kier molecular flexibility index (Phi) is 9.90. The summed E-state index contributed by atoms with van der Waals surface area (Å²) in [4.78, 5) is 42.1. The fourth-order valence-electron chi connectivity index (χ4n) is 5.05. The summed E-state index contributed by atoms with van der Waals surface area (Å²) >= 11 is 0. The molecule has 1 aliphatic heterocycles. The highest BCUT2D eigenvalue weighted by Crippen LogP contribution is 2.46. The van der Waals surface area contributed by atoms with Crippen LogP contribution < -0.4 is 10.2 Å². The minimum atomic E-state index is -1.97. The summed E-state index contributed by atoms with van der Waals surface area (Å²) in [7, 11) is 0. The van der Waals surface area contributed by atoms with Crippen molar-refractivity contribution in [1.82, 2.24) is 4.90 Å². The van der Waals surface area contributed by atoms with E-state index in [1.807, 2.05) is 60.7 Å². The maximum Gasteiger partial charge on any atom is 0.264 e. The average Bonchev–Trinajstić information content (AvgIpc) is 3.20. The van der Waals surface area contributed by atoms with Gasteiger partial charge in [-0.2, -0.15) is 0 Å². The Balaban J connectivity index is 1.58. The highest BCUT2D eigenvalue weighted by atomic mass is 16.3. The molecule has 4 rings (SSSR count). The molecule has 0 fully saturated rings. The summed E-state index contributed by atoms with van der Waals surface area (Å²) in [5.41, 5.74) is 1.01. The topological polar surface area (TPSA) is 130 Å². The maximum absolute atomic E-state index is 13.9. The van der Waals surface area contributed by atoms with Crippen molar-refractivity contribution in [2.24, 2.45) is 5.92 Å². The SMILES string of the molecule is C[C@H](O)C(=O)Nc1ccc2c(c1)[C@@](O)([C@H](C)/C=C/CC(=O)N(CCO)Cc1ccccc1)C(=O)N2Cc1ccccc1. The molecular weight excluding hydrogens is 534 g/mol. The number of nitrogens with one attached hydrogen (secondary N) is 1. The van der Waals surface area contributed by atoms with Gasteiger partial charge in [0.05, 0.1) is 18.8 Å². The van der Waals surface area contributed by atoms with Crippen LogP contribution in [0.3, 0.4) is 0 Å². The van der Waals surface area contributed by atoms with E-state index < -0.39 is 29.4 Å². The Labute approximate surface area is 245 Å². The molecular formula is C33H37N3O6. The number of carbonyl (C=O) groups is 3. The van der Waals surface area contributed by atoms with Gasteiger partial charge in [-0.15, -0.1) is 0 Å². The number of hydrogen-bond acceptors (Lipinski definition) is 6. The van der Waals surface area contributed by atoms with Crippen molar-refractivity contribution in [2.75, 3.05) is 23.4 Å². The van der Waals surface area contributed by atoms with Gasteiger partial charge in [0, 0.05) is 36.7 Å². The Bertz CT molecular complexity index is 1430. The minimum Gasteiger partial charge on any atom is -0.395 e. The second-order valence-electron chi connectivity index (χ2n) is 10.5. The quantitative estimate of drug-likeness (QED) is 0.247. The van der Waals surface area contributed by atoms with E-state index in [-0.39, 0.29) is 32.0 Å². The fourth-order valence-corrected chi connectivity index (χ4v) is 5.05.